The fourth-order valence-electron chi connectivity index (χ4n) is 2.85. The van der Waals surface area contributed by atoms with Gasteiger partial charge in [0.25, 0.3) is 5.91 Å². The van der Waals surface area contributed by atoms with Gasteiger partial charge in [0, 0.05) is 18.1 Å². The van der Waals surface area contributed by atoms with Crippen LogP contribution in [0.25, 0.3) is 0 Å². The normalized spacial score (nSPS) is 15.7. The fraction of sp³-hybridized carbons (Fsp3) is 0.579. The van der Waals surface area contributed by atoms with E-state index in [2.05, 4.69) is 4.72 Å². The van der Waals surface area contributed by atoms with Crippen LogP contribution in [-0.2, 0) is 19.6 Å². The number of nitrogens with zero attached hydrogens (tertiary/aromatic N) is 1. The summed E-state index contributed by atoms with van der Waals surface area (Å²) in [5.41, 5.74) is 0.195. The Kier molecular flexibility index (Phi) is 6.64. The van der Waals surface area contributed by atoms with Crippen molar-refractivity contribution in [1.82, 2.24) is 9.62 Å². The molecule has 8 heteroatoms. The zero-order valence-electron chi connectivity index (χ0n) is 16.4. The summed E-state index contributed by atoms with van der Waals surface area (Å²) in [7, 11) is -3.57. The highest BCUT2D eigenvalue weighted by Gasteiger charge is 2.29. The van der Waals surface area contributed by atoms with Crippen molar-refractivity contribution in [2.75, 3.05) is 0 Å². The molecule has 0 radical (unpaired) electrons. The molecule has 150 valence electrons. The second-order valence-electron chi connectivity index (χ2n) is 7.40. The van der Waals surface area contributed by atoms with Crippen molar-refractivity contribution in [3.05, 3.63) is 29.8 Å². The Morgan fingerprint density at radius 3 is 2.00 bits per heavy atom. The minimum atomic E-state index is -3.57. The molecule has 7 nitrogen and oxygen atoms in total. The number of amides is 1. The number of hydrogen-bond donors (Lipinski definition) is 1. The molecule has 0 spiro atoms. The number of nitrogens with one attached hydrogen (secondary N) is 1. The molecule has 1 atom stereocenters. The number of hydrogen-bond acceptors (Lipinski definition) is 5. The third-order valence-corrected chi connectivity index (χ3v) is 5.83. The SMILES string of the molecule is CC(OC(=O)c1ccc(S(=O)(=O)NC2CC2)cc1)C(=O)N(C(C)C)C(C)C. The van der Waals surface area contributed by atoms with Gasteiger partial charge in [-0.05, 0) is 71.7 Å². The minimum Gasteiger partial charge on any atom is -0.449 e. The maximum Gasteiger partial charge on any atom is 0.338 e. The Bertz CT molecular complexity index is 775. The minimum absolute atomic E-state index is 0.0105. The molecule has 1 amide bonds. The number of ether oxygens (including phenoxy) is 1. The summed E-state index contributed by atoms with van der Waals surface area (Å²) < 4.78 is 32.2. The molecule has 1 aliphatic rings. The molecule has 0 aromatic heterocycles. The van der Waals surface area contributed by atoms with Gasteiger partial charge >= 0.3 is 5.97 Å². The molecule has 2 rings (SSSR count). The standard InChI is InChI=1S/C19H28N2O5S/c1-12(2)21(13(3)4)18(22)14(5)26-19(23)15-6-10-17(11-7-15)27(24,25)20-16-8-9-16/h6-7,10-14,16,20H,8-9H2,1-5H3. The predicted molar refractivity (Wildman–Crippen MR) is 102 cm³/mol. The van der Waals surface area contributed by atoms with Crippen LogP contribution in [0.15, 0.2) is 29.2 Å². The number of sulfonamides is 1. The van der Waals surface area contributed by atoms with Crippen molar-refractivity contribution in [2.24, 2.45) is 0 Å². The Hall–Kier alpha value is -1.93. The van der Waals surface area contributed by atoms with Crippen LogP contribution in [0.2, 0.25) is 0 Å². The van der Waals surface area contributed by atoms with Crippen molar-refractivity contribution < 1.29 is 22.7 Å². The van der Waals surface area contributed by atoms with Gasteiger partial charge in [-0.25, -0.2) is 17.9 Å². The van der Waals surface area contributed by atoms with Crippen molar-refractivity contribution >= 4 is 21.9 Å². The molecule has 0 bridgehead atoms. The van der Waals surface area contributed by atoms with Crippen molar-refractivity contribution in [1.29, 1.82) is 0 Å². The van der Waals surface area contributed by atoms with E-state index in [0.717, 1.165) is 12.8 Å². The molecular formula is C19H28N2O5S. The molecule has 1 aromatic rings. The van der Waals surface area contributed by atoms with Crippen LogP contribution in [0, 0.1) is 0 Å². The third kappa shape index (κ3) is 5.52. The molecule has 1 aromatic carbocycles. The lowest BCUT2D eigenvalue weighted by atomic mass is 10.2. The molecule has 0 saturated heterocycles. The molecule has 1 saturated carbocycles. The van der Waals surface area contributed by atoms with Crippen LogP contribution in [-0.4, -0.2) is 49.4 Å². The summed E-state index contributed by atoms with van der Waals surface area (Å²) in [6.45, 7) is 9.15. The Morgan fingerprint density at radius 1 is 1.04 bits per heavy atom. The van der Waals surface area contributed by atoms with Gasteiger partial charge in [-0.1, -0.05) is 0 Å². The van der Waals surface area contributed by atoms with E-state index >= 15 is 0 Å². The van der Waals surface area contributed by atoms with Gasteiger partial charge < -0.3 is 9.64 Å². The van der Waals surface area contributed by atoms with Crippen LogP contribution in [0.4, 0.5) is 0 Å². The summed E-state index contributed by atoms with van der Waals surface area (Å²) in [5.74, 6) is -0.927. The highest BCUT2D eigenvalue weighted by atomic mass is 32.2. The lowest BCUT2D eigenvalue weighted by Crippen LogP contribution is -2.47. The first-order chi connectivity index (χ1) is 12.5. The quantitative estimate of drug-likeness (QED) is 0.681. The first kappa shape index (κ1) is 21.4. The molecule has 1 fully saturated rings. The average molecular weight is 397 g/mol. The van der Waals surface area contributed by atoms with Gasteiger partial charge in [-0.3, -0.25) is 4.79 Å². The molecule has 1 N–H and O–H groups in total. The summed E-state index contributed by atoms with van der Waals surface area (Å²) in [6, 6.07) is 5.50. The first-order valence-electron chi connectivity index (χ1n) is 9.18. The maximum atomic E-state index is 12.5. The van der Waals surface area contributed by atoms with Gasteiger partial charge in [0.2, 0.25) is 10.0 Å². The molecule has 1 unspecified atom stereocenters. The molecule has 1 aliphatic carbocycles. The topological polar surface area (TPSA) is 92.8 Å². The zero-order chi connectivity index (χ0) is 20.4. The fourth-order valence-corrected chi connectivity index (χ4v) is 4.16. The van der Waals surface area contributed by atoms with E-state index in [1.54, 1.807) is 4.90 Å². The largest absolute Gasteiger partial charge is 0.449 e. The van der Waals surface area contributed by atoms with Crippen LogP contribution in [0.1, 0.15) is 57.8 Å². The number of carbonyl (C=O) groups excluding carboxylic acids is 2. The smallest absolute Gasteiger partial charge is 0.338 e. The summed E-state index contributed by atoms with van der Waals surface area (Å²) in [4.78, 5) is 26.6. The van der Waals surface area contributed by atoms with Crippen molar-refractivity contribution in [2.45, 2.75) is 76.6 Å². The molecule has 27 heavy (non-hydrogen) atoms. The van der Waals surface area contributed by atoms with Crippen LogP contribution in [0.5, 0.6) is 0 Å². The van der Waals surface area contributed by atoms with Crippen molar-refractivity contribution in [3.8, 4) is 0 Å². The van der Waals surface area contributed by atoms with Crippen LogP contribution >= 0.6 is 0 Å². The number of rotatable bonds is 8. The van der Waals surface area contributed by atoms with E-state index < -0.39 is 22.1 Å². The lowest BCUT2D eigenvalue weighted by molar-refractivity contribution is -0.143. The zero-order valence-corrected chi connectivity index (χ0v) is 17.2. The number of benzene rings is 1. The van der Waals surface area contributed by atoms with E-state index in [4.69, 9.17) is 4.74 Å². The molecule has 0 heterocycles. The van der Waals surface area contributed by atoms with E-state index in [9.17, 15) is 18.0 Å². The van der Waals surface area contributed by atoms with Crippen molar-refractivity contribution in [3.63, 3.8) is 0 Å². The van der Waals surface area contributed by atoms with Gasteiger partial charge in [-0.2, -0.15) is 0 Å². The highest BCUT2D eigenvalue weighted by Crippen LogP contribution is 2.22. The Balaban J connectivity index is 2.03. The first-order valence-corrected chi connectivity index (χ1v) is 10.7. The summed E-state index contributed by atoms with van der Waals surface area (Å²) in [6.07, 6.45) is 0.765. The second kappa shape index (κ2) is 8.39. The number of carbonyl (C=O) groups is 2. The predicted octanol–water partition coefficient (Wildman–Crippen LogP) is 2.32. The van der Waals surface area contributed by atoms with E-state index in [-0.39, 0.29) is 34.5 Å². The van der Waals surface area contributed by atoms with E-state index in [1.807, 2.05) is 27.7 Å². The van der Waals surface area contributed by atoms with Crippen LogP contribution in [0.3, 0.4) is 0 Å². The summed E-state index contributed by atoms with van der Waals surface area (Å²) >= 11 is 0. The third-order valence-electron chi connectivity index (χ3n) is 4.30. The summed E-state index contributed by atoms with van der Waals surface area (Å²) in [5, 5.41) is 0. The second-order valence-corrected chi connectivity index (χ2v) is 9.11. The highest BCUT2D eigenvalue weighted by molar-refractivity contribution is 7.89. The average Bonchev–Trinajstić information content (AvgIpc) is 3.37. The molecule has 0 aliphatic heterocycles. The van der Waals surface area contributed by atoms with E-state index in [0.29, 0.717) is 0 Å². The van der Waals surface area contributed by atoms with E-state index in [1.165, 1.54) is 31.2 Å². The lowest BCUT2D eigenvalue weighted by Gasteiger charge is -2.32. The Morgan fingerprint density at radius 2 is 1.56 bits per heavy atom. The maximum absolute atomic E-state index is 12.5. The Labute approximate surface area is 161 Å². The van der Waals surface area contributed by atoms with Gasteiger partial charge in [-0.15, -0.1) is 0 Å². The number of esters is 1. The van der Waals surface area contributed by atoms with Crippen LogP contribution < -0.4 is 4.72 Å². The van der Waals surface area contributed by atoms with Gasteiger partial charge in [0.05, 0.1) is 10.5 Å². The van der Waals surface area contributed by atoms with Gasteiger partial charge in [0.15, 0.2) is 6.10 Å². The molecular weight excluding hydrogens is 368 g/mol. The van der Waals surface area contributed by atoms with Gasteiger partial charge in [0.1, 0.15) is 0 Å². The monoisotopic (exact) mass is 396 g/mol.